The maximum Gasteiger partial charge on any atom is 0.301 e. The molecule has 0 aromatic carbocycles. The van der Waals surface area contributed by atoms with Gasteiger partial charge in [0.25, 0.3) is 5.17 Å². The van der Waals surface area contributed by atoms with Crippen molar-refractivity contribution in [2.24, 2.45) is 5.73 Å². The largest absolute Gasteiger partial charge is 0.471 e. The molecule has 0 aliphatic rings. The van der Waals surface area contributed by atoms with Gasteiger partial charge in [0.05, 0.1) is 6.61 Å². The van der Waals surface area contributed by atoms with Gasteiger partial charge in [-0.25, -0.2) is 4.39 Å². The molecule has 0 heterocycles. The number of hydrogen-bond acceptors (Lipinski definition) is 2. The molecule has 0 bridgehead atoms. The van der Waals surface area contributed by atoms with Crippen LogP contribution in [0.1, 0.15) is 6.42 Å². The zero-order valence-corrected chi connectivity index (χ0v) is 6.26. The second kappa shape index (κ2) is 4.95. The number of rotatable bonds is 3. The van der Waals surface area contributed by atoms with Gasteiger partial charge in [-0.3, -0.25) is 0 Å². The Bertz CT molecular complexity index is 179. The minimum Gasteiger partial charge on any atom is -0.471 e. The van der Waals surface area contributed by atoms with Crippen molar-refractivity contribution < 1.29 is 17.9 Å². The van der Waals surface area contributed by atoms with E-state index in [1.54, 1.807) is 0 Å². The van der Waals surface area contributed by atoms with Crippen LogP contribution in [0.25, 0.3) is 0 Å². The predicted octanol–water partition coefficient (Wildman–Crippen LogP) is 1.71. The van der Waals surface area contributed by atoms with Crippen LogP contribution in [0.4, 0.5) is 13.2 Å². The van der Waals surface area contributed by atoms with Crippen molar-refractivity contribution in [3.8, 4) is 0 Å². The van der Waals surface area contributed by atoms with E-state index in [0.717, 1.165) is 0 Å². The molecule has 0 rings (SSSR count). The molecular weight excluding hydrogens is 179 g/mol. The van der Waals surface area contributed by atoms with Crippen LogP contribution in [-0.4, -0.2) is 11.8 Å². The number of ether oxygens (including phenoxy) is 1. The van der Waals surface area contributed by atoms with Crippen LogP contribution in [0, 0.1) is 0 Å². The van der Waals surface area contributed by atoms with E-state index in [9.17, 15) is 13.2 Å². The van der Waals surface area contributed by atoms with Crippen molar-refractivity contribution in [2.45, 2.75) is 6.42 Å². The third-order valence-corrected chi connectivity index (χ3v) is 0.889. The lowest BCUT2D eigenvalue weighted by molar-refractivity contribution is 0.287. The molecule has 0 amide bonds. The average Bonchev–Trinajstić information content (AvgIpc) is 1.86. The van der Waals surface area contributed by atoms with Crippen molar-refractivity contribution in [1.82, 2.24) is 0 Å². The molecule has 0 saturated heterocycles. The first-order chi connectivity index (χ1) is 5.04. The minimum absolute atomic E-state index is 0.265. The Morgan fingerprint density at radius 2 is 1.91 bits per heavy atom. The van der Waals surface area contributed by atoms with Crippen LogP contribution in [0.15, 0.2) is 11.9 Å². The lowest BCUT2D eigenvalue weighted by Crippen LogP contribution is -2.13. The zero-order valence-electron chi connectivity index (χ0n) is 5.44. The van der Waals surface area contributed by atoms with Crippen molar-refractivity contribution in [1.29, 1.82) is 0 Å². The number of nitrogens with two attached hydrogens (primary N) is 1. The van der Waals surface area contributed by atoms with E-state index in [2.05, 4.69) is 17.0 Å². The Hall–Kier alpha value is -0.780. The maximum atomic E-state index is 11.9. The molecule has 0 aromatic heterocycles. The van der Waals surface area contributed by atoms with Gasteiger partial charge in [0.1, 0.15) is 0 Å². The van der Waals surface area contributed by atoms with Crippen LogP contribution >= 0.6 is 12.2 Å². The Kier molecular flexibility index (Phi) is 4.60. The Morgan fingerprint density at radius 1 is 1.36 bits per heavy atom. The number of thiocarbonyl (C=S) groups is 1. The first-order valence-corrected chi connectivity index (χ1v) is 3.06. The summed E-state index contributed by atoms with van der Waals surface area (Å²) in [7, 11) is 0. The van der Waals surface area contributed by atoms with E-state index in [1.807, 2.05) is 0 Å². The average molecular weight is 185 g/mol. The molecule has 0 aromatic rings. The molecule has 2 N–H and O–H groups in total. The quantitative estimate of drug-likeness (QED) is 0.680. The van der Waals surface area contributed by atoms with Crippen LogP contribution in [0.2, 0.25) is 0 Å². The molecule has 0 unspecified atom stereocenters. The Balaban J connectivity index is 3.56. The number of hydrogen-bond donors (Lipinski definition) is 1. The van der Waals surface area contributed by atoms with E-state index in [0.29, 0.717) is 0 Å². The third kappa shape index (κ3) is 5.65. The highest BCUT2D eigenvalue weighted by molar-refractivity contribution is 7.80. The molecule has 0 aliphatic heterocycles. The van der Waals surface area contributed by atoms with Gasteiger partial charge in [0, 0.05) is 6.42 Å². The van der Waals surface area contributed by atoms with Gasteiger partial charge in [-0.15, -0.1) is 0 Å². The third-order valence-electron chi connectivity index (χ3n) is 0.771. The van der Waals surface area contributed by atoms with E-state index < -0.39 is 18.3 Å². The zero-order chi connectivity index (χ0) is 8.85. The van der Waals surface area contributed by atoms with Gasteiger partial charge >= 0.3 is 6.08 Å². The molecular formula is C5H6F3NOS. The second-order valence-corrected chi connectivity index (χ2v) is 1.99. The Morgan fingerprint density at radius 3 is 2.27 bits per heavy atom. The van der Waals surface area contributed by atoms with Crippen molar-refractivity contribution >= 4 is 17.4 Å². The normalized spacial score (nSPS) is 9.00. The highest BCUT2D eigenvalue weighted by Gasteiger charge is 2.04. The smallest absolute Gasteiger partial charge is 0.301 e. The molecule has 0 atom stereocenters. The molecule has 0 saturated carbocycles. The van der Waals surface area contributed by atoms with Crippen molar-refractivity contribution in [2.75, 3.05) is 6.61 Å². The molecule has 0 radical (unpaired) electrons. The molecule has 0 spiro atoms. The van der Waals surface area contributed by atoms with Crippen LogP contribution in [-0.2, 0) is 4.74 Å². The summed E-state index contributed by atoms with van der Waals surface area (Å²) in [6, 6.07) is 0. The first kappa shape index (κ1) is 10.2. The van der Waals surface area contributed by atoms with Gasteiger partial charge < -0.3 is 10.5 Å². The van der Waals surface area contributed by atoms with Gasteiger partial charge in [-0.05, 0) is 12.2 Å². The van der Waals surface area contributed by atoms with E-state index in [4.69, 9.17) is 5.73 Å². The van der Waals surface area contributed by atoms with E-state index in [1.165, 1.54) is 0 Å². The topological polar surface area (TPSA) is 35.2 Å². The summed E-state index contributed by atoms with van der Waals surface area (Å²) < 4.78 is 39.0. The molecule has 0 fully saturated rings. The minimum atomic E-state index is -2.34. The van der Waals surface area contributed by atoms with Crippen LogP contribution < -0.4 is 5.73 Å². The summed E-state index contributed by atoms with van der Waals surface area (Å²) in [5.41, 5.74) is 4.84. The summed E-state index contributed by atoms with van der Waals surface area (Å²) in [5.74, 6) is -1.50. The summed E-state index contributed by atoms with van der Waals surface area (Å²) in [6.07, 6.45) is -2.85. The first-order valence-electron chi connectivity index (χ1n) is 2.66. The molecule has 2 nitrogen and oxygen atoms in total. The second-order valence-electron chi connectivity index (χ2n) is 1.58. The monoisotopic (exact) mass is 185 g/mol. The molecule has 6 heteroatoms. The van der Waals surface area contributed by atoms with Gasteiger partial charge in [-0.1, -0.05) is 0 Å². The van der Waals surface area contributed by atoms with Crippen LogP contribution in [0.3, 0.4) is 0 Å². The number of halogens is 3. The molecule has 11 heavy (non-hydrogen) atoms. The van der Waals surface area contributed by atoms with Crippen molar-refractivity contribution in [3.05, 3.63) is 11.9 Å². The Labute approximate surface area is 66.8 Å². The highest BCUT2D eigenvalue weighted by atomic mass is 32.1. The summed E-state index contributed by atoms with van der Waals surface area (Å²) in [6.45, 7) is -0.265. The summed E-state index contributed by atoms with van der Waals surface area (Å²) >= 11 is 4.24. The lowest BCUT2D eigenvalue weighted by Gasteiger charge is -1.99. The fourth-order valence-corrected chi connectivity index (χ4v) is 0.419. The lowest BCUT2D eigenvalue weighted by atomic mass is 10.4. The summed E-state index contributed by atoms with van der Waals surface area (Å²) in [5, 5.41) is -0.280. The van der Waals surface area contributed by atoms with E-state index >= 15 is 0 Å². The van der Waals surface area contributed by atoms with Gasteiger partial charge in [0.2, 0.25) is 0 Å². The SMILES string of the molecule is NC(=S)OCCC(F)=C(F)F. The molecule has 64 valence electrons. The van der Waals surface area contributed by atoms with Crippen molar-refractivity contribution in [3.63, 3.8) is 0 Å². The maximum absolute atomic E-state index is 11.9. The van der Waals surface area contributed by atoms with E-state index in [-0.39, 0.29) is 11.8 Å². The fraction of sp³-hybridized carbons (Fsp3) is 0.400. The highest BCUT2D eigenvalue weighted by Crippen LogP contribution is 2.12. The van der Waals surface area contributed by atoms with Gasteiger partial charge in [-0.2, -0.15) is 8.78 Å². The molecule has 0 aliphatic carbocycles. The van der Waals surface area contributed by atoms with Crippen LogP contribution in [0.5, 0.6) is 0 Å². The summed E-state index contributed by atoms with van der Waals surface area (Å²) in [4.78, 5) is 0. The fourth-order valence-electron chi connectivity index (χ4n) is 0.336. The van der Waals surface area contributed by atoms with Gasteiger partial charge in [0.15, 0.2) is 5.83 Å². The predicted molar refractivity (Wildman–Crippen MR) is 37.7 cm³/mol. The standard InChI is InChI=1S/C5H6F3NOS/c6-3(4(7)8)1-2-10-5(9)11/h1-2H2,(H2,9,11).